The number of benzene rings is 1. The first-order valence-corrected chi connectivity index (χ1v) is 8.49. The second-order valence-electron chi connectivity index (χ2n) is 7.03. The minimum atomic E-state index is -0.919. The highest BCUT2D eigenvalue weighted by Crippen LogP contribution is 2.48. The SMILES string of the molecule is CC(C)NC(=O)c1ccc(NC(=O)[C@H]2[C@H](C(=O)O)[C@H]3C=C[C@H]2C3)cc1. The molecular weight excluding hydrogens is 320 g/mol. The van der Waals surface area contributed by atoms with E-state index in [2.05, 4.69) is 10.6 Å². The van der Waals surface area contributed by atoms with Crippen LogP contribution in [0.2, 0.25) is 0 Å². The van der Waals surface area contributed by atoms with Crippen molar-refractivity contribution < 1.29 is 19.5 Å². The van der Waals surface area contributed by atoms with Crippen molar-refractivity contribution in [1.29, 1.82) is 0 Å². The highest BCUT2D eigenvalue weighted by Gasteiger charge is 2.51. The number of carboxylic acid groups (broad SMARTS) is 1. The van der Waals surface area contributed by atoms with Crippen molar-refractivity contribution in [3.8, 4) is 0 Å². The molecule has 132 valence electrons. The Hall–Kier alpha value is -2.63. The topological polar surface area (TPSA) is 95.5 Å². The molecule has 1 saturated carbocycles. The number of carboxylic acids is 1. The van der Waals surface area contributed by atoms with Crippen LogP contribution in [0.15, 0.2) is 36.4 Å². The van der Waals surface area contributed by atoms with Gasteiger partial charge in [0, 0.05) is 17.3 Å². The Morgan fingerprint density at radius 2 is 1.64 bits per heavy atom. The number of allylic oxidation sites excluding steroid dienone is 2. The summed E-state index contributed by atoms with van der Waals surface area (Å²) in [5, 5.41) is 15.0. The molecule has 2 amide bonds. The molecule has 3 N–H and O–H groups in total. The van der Waals surface area contributed by atoms with Crippen LogP contribution in [-0.2, 0) is 9.59 Å². The fourth-order valence-corrected chi connectivity index (χ4v) is 3.79. The van der Waals surface area contributed by atoms with Crippen molar-refractivity contribution in [1.82, 2.24) is 5.32 Å². The smallest absolute Gasteiger partial charge is 0.307 e. The van der Waals surface area contributed by atoms with E-state index < -0.39 is 17.8 Å². The Balaban J connectivity index is 1.68. The maximum absolute atomic E-state index is 12.6. The third kappa shape index (κ3) is 3.43. The normalized spacial score (nSPS) is 26.7. The molecular formula is C19H22N2O4. The Morgan fingerprint density at radius 3 is 2.20 bits per heavy atom. The fraction of sp³-hybridized carbons (Fsp3) is 0.421. The molecule has 6 heteroatoms. The lowest BCUT2D eigenvalue weighted by Gasteiger charge is -2.23. The van der Waals surface area contributed by atoms with E-state index in [-0.39, 0.29) is 29.7 Å². The first kappa shape index (κ1) is 17.2. The molecule has 2 aliphatic carbocycles. The van der Waals surface area contributed by atoms with E-state index >= 15 is 0 Å². The number of aliphatic carboxylic acids is 1. The van der Waals surface area contributed by atoms with Crippen molar-refractivity contribution >= 4 is 23.5 Å². The van der Waals surface area contributed by atoms with Crippen LogP contribution >= 0.6 is 0 Å². The highest BCUT2D eigenvalue weighted by atomic mass is 16.4. The lowest BCUT2D eigenvalue weighted by Crippen LogP contribution is -2.36. The molecule has 6 nitrogen and oxygen atoms in total. The lowest BCUT2D eigenvalue weighted by molar-refractivity contribution is -0.146. The van der Waals surface area contributed by atoms with E-state index in [1.165, 1.54) is 0 Å². The van der Waals surface area contributed by atoms with Gasteiger partial charge in [0.25, 0.3) is 5.91 Å². The molecule has 2 aliphatic rings. The van der Waals surface area contributed by atoms with E-state index in [0.29, 0.717) is 11.3 Å². The first-order valence-electron chi connectivity index (χ1n) is 8.49. The molecule has 0 unspecified atom stereocenters. The van der Waals surface area contributed by atoms with E-state index in [0.717, 1.165) is 6.42 Å². The summed E-state index contributed by atoms with van der Waals surface area (Å²) in [6.45, 7) is 3.77. The fourth-order valence-electron chi connectivity index (χ4n) is 3.79. The van der Waals surface area contributed by atoms with E-state index in [1.807, 2.05) is 26.0 Å². The van der Waals surface area contributed by atoms with E-state index in [9.17, 15) is 19.5 Å². The largest absolute Gasteiger partial charge is 0.481 e. The summed E-state index contributed by atoms with van der Waals surface area (Å²) < 4.78 is 0. The summed E-state index contributed by atoms with van der Waals surface area (Å²) in [5.74, 6) is -2.64. The predicted molar refractivity (Wildman–Crippen MR) is 93.0 cm³/mol. The van der Waals surface area contributed by atoms with Crippen molar-refractivity contribution in [2.75, 3.05) is 5.32 Å². The molecule has 25 heavy (non-hydrogen) atoms. The monoisotopic (exact) mass is 342 g/mol. The van der Waals surface area contributed by atoms with Crippen LogP contribution in [0.4, 0.5) is 5.69 Å². The molecule has 4 atom stereocenters. The molecule has 0 heterocycles. The Labute approximate surface area is 146 Å². The first-order chi connectivity index (χ1) is 11.9. The predicted octanol–water partition coefficient (Wildman–Crippen LogP) is 2.29. The van der Waals surface area contributed by atoms with Crippen LogP contribution in [0.5, 0.6) is 0 Å². The van der Waals surface area contributed by atoms with Crippen LogP contribution < -0.4 is 10.6 Å². The van der Waals surface area contributed by atoms with Crippen molar-refractivity contribution in [3.63, 3.8) is 0 Å². The number of nitrogens with one attached hydrogen (secondary N) is 2. The van der Waals surface area contributed by atoms with Crippen molar-refractivity contribution in [2.45, 2.75) is 26.3 Å². The third-order valence-electron chi connectivity index (χ3n) is 4.88. The molecule has 1 aromatic rings. The minimum absolute atomic E-state index is 0.0119. The van der Waals surface area contributed by atoms with Gasteiger partial charge in [0.05, 0.1) is 11.8 Å². The number of anilines is 1. The zero-order chi connectivity index (χ0) is 18.1. The van der Waals surface area contributed by atoms with E-state index in [1.54, 1.807) is 24.3 Å². The van der Waals surface area contributed by atoms with Gasteiger partial charge < -0.3 is 15.7 Å². The van der Waals surface area contributed by atoms with Gasteiger partial charge in [-0.15, -0.1) is 0 Å². The van der Waals surface area contributed by atoms with Crippen molar-refractivity contribution in [2.24, 2.45) is 23.7 Å². The second-order valence-corrected chi connectivity index (χ2v) is 7.03. The molecule has 1 aromatic carbocycles. The van der Waals surface area contributed by atoms with Gasteiger partial charge in [-0.3, -0.25) is 14.4 Å². The number of amides is 2. The number of hydrogen-bond donors (Lipinski definition) is 3. The van der Waals surface area contributed by atoms with Crippen LogP contribution in [0.1, 0.15) is 30.6 Å². The Morgan fingerprint density at radius 1 is 1.04 bits per heavy atom. The molecule has 2 bridgehead atoms. The van der Waals surface area contributed by atoms with Crippen molar-refractivity contribution in [3.05, 3.63) is 42.0 Å². The summed E-state index contributed by atoms with van der Waals surface area (Å²) in [7, 11) is 0. The zero-order valence-corrected chi connectivity index (χ0v) is 14.2. The molecule has 1 fully saturated rings. The second kappa shape index (κ2) is 6.70. The third-order valence-corrected chi connectivity index (χ3v) is 4.88. The van der Waals surface area contributed by atoms with Gasteiger partial charge in [-0.05, 0) is 56.4 Å². The number of carbonyl (C=O) groups excluding carboxylic acids is 2. The summed E-state index contributed by atoms with van der Waals surface area (Å²) >= 11 is 0. The maximum atomic E-state index is 12.6. The van der Waals surface area contributed by atoms with Gasteiger partial charge in [-0.1, -0.05) is 12.2 Å². The quantitative estimate of drug-likeness (QED) is 0.716. The van der Waals surface area contributed by atoms with Crippen LogP contribution in [0.3, 0.4) is 0 Å². The molecule has 0 saturated heterocycles. The molecule has 0 radical (unpaired) electrons. The number of fused-ring (bicyclic) bond motifs is 2. The summed E-state index contributed by atoms with van der Waals surface area (Å²) in [4.78, 5) is 36.0. The average molecular weight is 342 g/mol. The Bertz CT molecular complexity index is 723. The van der Waals surface area contributed by atoms with Gasteiger partial charge in [0.2, 0.25) is 5.91 Å². The molecule has 0 aliphatic heterocycles. The summed E-state index contributed by atoms with van der Waals surface area (Å²) in [6.07, 6.45) is 4.59. The molecule has 0 spiro atoms. The number of carbonyl (C=O) groups is 3. The maximum Gasteiger partial charge on any atom is 0.307 e. The minimum Gasteiger partial charge on any atom is -0.481 e. The number of rotatable bonds is 5. The summed E-state index contributed by atoms with van der Waals surface area (Å²) in [6, 6.07) is 6.65. The highest BCUT2D eigenvalue weighted by molar-refractivity contribution is 5.98. The number of hydrogen-bond acceptors (Lipinski definition) is 3. The van der Waals surface area contributed by atoms with Gasteiger partial charge in [-0.25, -0.2) is 0 Å². The van der Waals surface area contributed by atoms with Gasteiger partial charge in [-0.2, -0.15) is 0 Å². The van der Waals surface area contributed by atoms with Gasteiger partial charge in [0.15, 0.2) is 0 Å². The zero-order valence-electron chi connectivity index (χ0n) is 14.2. The van der Waals surface area contributed by atoms with E-state index in [4.69, 9.17) is 0 Å². The summed E-state index contributed by atoms with van der Waals surface area (Å²) in [5.41, 5.74) is 1.07. The van der Waals surface area contributed by atoms with Crippen LogP contribution in [-0.4, -0.2) is 28.9 Å². The average Bonchev–Trinajstić information content (AvgIpc) is 3.15. The standard InChI is InChI=1S/C19H22N2O4/c1-10(2)20-17(22)11-5-7-14(8-6-11)21-18(23)15-12-3-4-13(9-12)16(15)19(24)25/h3-8,10,12-13,15-16H,9H2,1-2H3,(H,20,22)(H,21,23)(H,24,25)/t12-,13-,15+,16+/m0/s1. The lowest BCUT2D eigenvalue weighted by atomic mass is 9.82. The van der Waals surface area contributed by atoms with Gasteiger partial charge >= 0.3 is 5.97 Å². The van der Waals surface area contributed by atoms with Gasteiger partial charge in [0.1, 0.15) is 0 Å². The molecule has 3 rings (SSSR count). The Kier molecular flexibility index (Phi) is 4.61. The van der Waals surface area contributed by atoms with Crippen LogP contribution in [0, 0.1) is 23.7 Å². The molecule has 0 aromatic heterocycles. The van der Waals surface area contributed by atoms with Crippen LogP contribution in [0.25, 0.3) is 0 Å².